The molecule has 0 aromatic carbocycles. The fourth-order valence-electron chi connectivity index (χ4n) is 4.73. The summed E-state index contributed by atoms with van der Waals surface area (Å²) in [5.41, 5.74) is 3.20. The van der Waals surface area contributed by atoms with Crippen molar-refractivity contribution < 1.29 is 9.47 Å². The first-order valence-electron chi connectivity index (χ1n) is 9.01. The van der Waals surface area contributed by atoms with E-state index in [0.717, 1.165) is 55.1 Å². The van der Waals surface area contributed by atoms with Gasteiger partial charge >= 0.3 is 0 Å². The number of ether oxygens (including phenoxy) is 2. The zero-order chi connectivity index (χ0) is 17.6. The van der Waals surface area contributed by atoms with Crippen molar-refractivity contribution in [1.29, 1.82) is 0 Å². The minimum absolute atomic E-state index is 0.0267. The number of aryl methyl sites for hydroxylation is 1. The van der Waals surface area contributed by atoms with Crippen LogP contribution in [0.3, 0.4) is 0 Å². The normalized spacial score (nSPS) is 30.1. The second-order valence-electron chi connectivity index (χ2n) is 7.36. The Balaban J connectivity index is 1.64. The maximum absolute atomic E-state index is 6.21. The second kappa shape index (κ2) is 6.54. The lowest BCUT2D eigenvalue weighted by Gasteiger charge is -2.43. The average molecular weight is 364 g/mol. The average Bonchev–Trinajstić information content (AvgIpc) is 3.13. The molecule has 136 valence electrons. The minimum atomic E-state index is -0.0267. The molecule has 1 aliphatic heterocycles. The maximum Gasteiger partial charge on any atom is 0.137 e. The van der Waals surface area contributed by atoms with Gasteiger partial charge in [-0.05, 0) is 44.7 Å². The molecule has 0 spiro atoms. The topological polar surface area (TPSA) is 39.0 Å². The first kappa shape index (κ1) is 17.3. The summed E-state index contributed by atoms with van der Waals surface area (Å²) in [5, 5.41) is 0.732. The van der Waals surface area contributed by atoms with Gasteiger partial charge in [-0.3, -0.25) is 4.90 Å². The van der Waals surface area contributed by atoms with Gasteiger partial charge in [0.15, 0.2) is 0 Å². The summed E-state index contributed by atoms with van der Waals surface area (Å²) in [6, 6.07) is 4.26. The lowest BCUT2D eigenvalue weighted by Crippen LogP contribution is -2.51. The molecule has 0 radical (unpaired) electrons. The molecule has 0 bridgehead atoms. The Morgan fingerprint density at radius 1 is 1.32 bits per heavy atom. The number of rotatable bonds is 4. The Labute approximate surface area is 153 Å². The van der Waals surface area contributed by atoms with Crippen molar-refractivity contribution in [3.05, 3.63) is 34.7 Å². The van der Waals surface area contributed by atoms with Gasteiger partial charge in [0.05, 0.1) is 28.1 Å². The highest BCUT2D eigenvalue weighted by molar-refractivity contribution is 6.30. The van der Waals surface area contributed by atoms with Crippen LogP contribution in [-0.2, 0) is 16.0 Å². The molecule has 25 heavy (non-hydrogen) atoms. The molecule has 6 heteroatoms. The predicted molar refractivity (Wildman–Crippen MR) is 98.1 cm³/mol. The molecule has 2 aromatic heterocycles. The van der Waals surface area contributed by atoms with Crippen molar-refractivity contribution in [3.63, 3.8) is 0 Å². The molecule has 2 fully saturated rings. The summed E-state index contributed by atoms with van der Waals surface area (Å²) in [6.07, 6.45) is 6.55. The van der Waals surface area contributed by atoms with E-state index in [0.29, 0.717) is 12.1 Å². The SMILES string of the molecule is CO[C@H]1CC[C@@]2(OC)CCN(Cc3c(C)nc4ccc(Cl)cn34)[C@H]2C1. The summed E-state index contributed by atoms with van der Waals surface area (Å²) in [4.78, 5) is 7.24. The molecular formula is C19H26ClN3O2. The second-order valence-corrected chi connectivity index (χ2v) is 7.79. The zero-order valence-electron chi connectivity index (χ0n) is 15.2. The van der Waals surface area contributed by atoms with E-state index in [1.165, 1.54) is 5.69 Å². The third-order valence-corrected chi connectivity index (χ3v) is 6.44. The van der Waals surface area contributed by atoms with Gasteiger partial charge in [-0.15, -0.1) is 0 Å². The van der Waals surface area contributed by atoms with Gasteiger partial charge in [-0.2, -0.15) is 0 Å². The van der Waals surface area contributed by atoms with E-state index in [1.807, 2.05) is 32.5 Å². The third-order valence-electron chi connectivity index (χ3n) is 6.22. The predicted octanol–water partition coefficient (Wildman–Crippen LogP) is 3.45. The Kier molecular flexibility index (Phi) is 4.52. The standard InChI is InChI=1S/C19H26ClN3O2/c1-13-16(23-11-14(20)4-5-18(23)21-13)12-22-9-8-19(25-3)7-6-15(24-2)10-17(19)22/h4-5,11,15,17H,6-10,12H2,1-3H3/t15-,17-,19+/m0/s1. The molecule has 0 unspecified atom stereocenters. The number of halogens is 1. The number of hydrogen-bond donors (Lipinski definition) is 0. The van der Waals surface area contributed by atoms with Gasteiger partial charge < -0.3 is 13.9 Å². The van der Waals surface area contributed by atoms with Crippen molar-refractivity contribution >= 4 is 17.2 Å². The Morgan fingerprint density at radius 2 is 2.16 bits per heavy atom. The van der Waals surface area contributed by atoms with Crippen molar-refractivity contribution in [2.75, 3.05) is 20.8 Å². The van der Waals surface area contributed by atoms with E-state index in [4.69, 9.17) is 26.1 Å². The van der Waals surface area contributed by atoms with Crippen LogP contribution in [0.15, 0.2) is 18.3 Å². The van der Waals surface area contributed by atoms with Crippen LogP contribution in [0.1, 0.15) is 37.1 Å². The monoisotopic (exact) mass is 363 g/mol. The quantitative estimate of drug-likeness (QED) is 0.834. The van der Waals surface area contributed by atoms with Gasteiger partial charge in [0.1, 0.15) is 5.65 Å². The number of fused-ring (bicyclic) bond motifs is 2. The van der Waals surface area contributed by atoms with E-state index >= 15 is 0 Å². The fraction of sp³-hybridized carbons (Fsp3) is 0.632. The van der Waals surface area contributed by atoms with Crippen molar-refractivity contribution in [2.24, 2.45) is 0 Å². The number of nitrogens with zero attached hydrogens (tertiary/aromatic N) is 3. The van der Waals surface area contributed by atoms with Crippen LogP contribution in [0.2, 0.25) is 5.02 Å². The van der Waals surface area contributed by atoms with E-state index in [-0.39, 0.29) is 5.60 Å². The summed E-state index contributed by atoms with van der Waals surface area (Å²) in [5.74, 6) is 0. The molecule has 3 heterocycles. The lowest BCUT2D eigenvalue weighted by atomic mass is 9.79. The molecule has 1 aliphatic carbocycles. The largest absolute Gasteiger partial charge is 0.381 e. The smallest absolute Gasteiger partial charge is 0.137 e. The van der Waals surface area contributed by atoms with Gasteiger partial charge in [0.2, 0.25) is 0 Å². The maximum atomic E-state index is 6.21. The van der Waals surface area contributed by atoms with E-state index in [1.54, 1.807) is 0 Å². The minimum Gasteiger partial charge on any atom is -0.381 e. The highest BCUT2D eigenvalue weighted by atomic mass is 35.5. The highest BCUT2D eigenvalue weighted by Crippen LogP contribution is 2.43. The molecule has 5 nitrogen and oxygen atoms in total. The fourth-order valence-corrected chi connectivity index (χ4v) is 4.89. The number of imidazole rings is 1. The number of hydrogen-bond acceptors (Lipinski definition) is 4. The molecule has 1 saturated carbocycles. The van der Waals surface area contributed by atoms with E-state index in [9.17, 15) is 0 Å². The Hall–Kier alpha value is -1.14. The third kappa shape index (κ3) is 2.87. The molecule has 4 rings (SSSR count). The lowest BCUT2D eigenvalue weighted by molar-refractivity contribution is -0.0948. The van der Waals surface area contributed by atoms with Crippen LogP contribution in [0.4, 0.5) is 0 Å². The molecule has 2 aromatic rings. The summed E-state index contributed by atoms with van der Waals surface area (Å²) in [7, 11) is 3.68. The summed E-state index contributed by atoms with van der Waals surface area (Å²) >= 11 is 6.21. The number of pyridine rings is 1. The molecule has 0 amide bonds. The van der Waals surface area contributed by atoms with E-state index in [2.05, 4.69) is 16.2 Å². The van der Waals surface area contributed by atoms with Crippen molar-refractivity contribution in [3.8, 4) is 0 Å². The van der Waals surface area contributed by atoms with Gasteiger partial charge in [0, 0.05) is 39.5 Å². The first-order valence-corrected chi connectivity index (χ1v) is 9.39. The number of likely N-dealkylation sites (tertiary alicyclic amines) is 1. The summed E-state index contributed by atoms with van der Waals surface area (Å²) < 4.78 is 13.8. The summed E-state index contributed by atoms with van der Waals surface area (Å²) in [6.45, 7) is 3.98. The highest BCUT2D eigenvalue weighted by Gasteiger charge is 2.51. The van der Waals surface area contributed by atoms with Crippen molar-refractivity contribution in [1.82, 2.24) is 14.3 Å². The zero-order valence-corrected chi connectivity index (χ0v) is 15.9. The van der Waals surface area contributed by atoms with Crippen LogP contribution >= 0.6 is 11.6 Å². The molecule has 3 atom stereocenters. The molecule has 0 N–H and O–H groups in total. The van der Waals surface area contributed by atoms with Crippen LogP contribution in [0.5, 0.6) is 0 Å². The van der Waals surface area contributed by atoms with Crippen molar-refractivity contribution in [2.45, 2.75) is 56.9 Å². The molecule has 2 aliphatic rings. The molecular weight excluding hydrogens is 338 g/mol. The molecule has 1 saturated heterocycles. The van der Waals surface area contributed by atoms with Crippen LogP contribution in [-0.4, -0.2) is 52.8 Å². The van der Waals surface area contributed by atoms with Gasteiger partial charge in [-0.1, -0.05) is 11.6 Å². The van der Waals surface area contributed by atoms with Gasteiger partial charge in [0.25, 0.3) is 0 Å². The Morgan fingerprint density at radius 3 is 2.92 bits per heavy atom. The van der Waals surface area contributed by atoms with E-state index < -0.39 is 0 Å². The van der Waals surface area contributed by atoms with Crippen LogP contribution in [0, 0.1) is 6.92 Å². The number of methoxy groups -OCH3 is 2. The number of aromatic nitrogens is 2. The van der Waals surface area contributed by atoms with Crippen LogP contribution < -0.4 is 0 Å². The van der Waals surface area contributed by atoms with Crippen LogP contribution in [0.25, 0.3) is 5.65 Å². The van der Waals surface area contributed by atoms with Gasteiger partial charge in [-0.25, -0.2) is 4.98 Å². The Bertz CT molecular complexity index is 777. The first-order chi connectivity index (χ1) is 12.1.